The highest BCUT2D eigenvalue weighted by Crippen LogP contribution is 2.28. The first kappa shape index (κ1) is 10.3. The topological polar surface area (TPSA) is 104 Å². The molecule has 0 saturated carbocycles. The van der Waals surface area contributed by atoms with E-state index >= 15 is 0 Å². The van der Waals surface area contributed by atoms with Gasteiger partial charge in [-0.1, -0.05) is 0 Å². The maximum absolute atomic E-state index is 9.58. The highest BCUT2D eigenvalue weighted by atomic mass is 16.4. The van der Waals surface area contributed by atoms with Crippen LogP contribution in [-0.4, -0.2) is 80.1 Å². The fourth-order valence-electron chi connectivity index (χ4n) is 2.31. The van der Waals surface area contributed by atoms with Crippen molar-refractivity contribution >= 4 is 0 Å². The molecule has 2 fully saturated rings. The minimum absolute atomic E-state index is 0.164. The van der Waals surface area contributed by atoms with Gasteiger partial charge in [0.2, 0.25) is 0 Å². The summed E-state index contributed by atoms with van der Waals surface area (Å²) in [6.07, 6.45) is -5.49. The summed E-state index contributed by atoms with van der Waals surface area (Å²) in [6.45, 7) is 0.379. The van der Waals surface area contributed by atoms with Gasteiger partial charge in [0.05, 0.1) is 24.4 Å². The molecule has 14 heavy (non-hydrogen) atoms. The van der Waals surface area contributed by atoms with Crippen LogP contribution in [0.15, 0.2) is 0 Å². The normalized spacial score (nSPS) is 54.6. The summed E-state index contributed by atoms with van der Waals surface area (Å²) < 4.78 is 0. The number of nitrogens with zero attached hydrogens (tertiary/aromatic N) is 1. The molecular weight excluding hydrogens is 190 g/mol. The van der Waals surface area contributed by atoms with Crippen molar-refractivity contribution in [3.05, 3.63) is 0 Å². The van der Waals surface area contributed by atoms with Crippen LogP contribution in [0.3, 0.4) is 0 Å². The number of piperidine rings is 1. The summed E-state index contributed by atoms with van der Waals surface area (Å²) in [5, 5.41) is 47.2. The maximum atomic E-state index is 9.58. The summed E-state index contributed by atoms with van der Waals surface area (Å²) >= 11 is 0. The van der Waals surface area contributed by atoms with E-state index < -0.39 is 36.6 Å². The van der Waals surface area contributed by atoms with E-state index in [1.165, 1.54) is 0 Å². The third-order valence-electron chi connectivity index (χ3n) is 3.10. The molecular formula is C8H15NO5. The van der Waals surface area contributed by atoms with Gasteiger partial charge in [0.1, 0.15) is 12.2 Å². The molecule has 0 amide bonds. The second kappa shape index (κ2) is 3.41. The zero-order valence-corrected chi connectivity index (χ0v) is 7.56. The first-order valence-corrected chi connectivity index (χ1v) is 4.66. The van der Waals surface area contributed by atoms with Crippen LogP contribution in [0.25, 0.3) is 0 Å². The number of fused-ring (bicyclic) bond motifs is 1. The molecule has 6 heteroatoms. The molecule has 0 unspecified atom stereocenters. The van der Waals surface area contributed by atoms with Crippen LogP contribution in [0.5, 0.6) is 0 Å². The molecule has 0 bridgehead atoms. The SMILES string of the molecule is O[C@@H]1[C@H]2[C@@H](O)[C@H](O)[C@@H](O)CN2C[C@H]1O. The molecule has 0 aliphatic carbocycles. The second-order valence-electron chi connectivity index (χ2n) is 4.05. The minimum Gasteiger partial charge on any atom is -0.389 e. The smallest absolute Gasteiger partial charge is 0.109 e. The number of aliphatic hydroxyl groups excluding tert-OH is 5. The molecule has 0 aromatic carbocycles. The van der Waals surface area contributed by atoms with E-state index in [4.69, 9.17) is 0 Å². The highest BCUT2D eigenvalue weighted by molar-refractivity contribution is 5.04. The molecule has 0 aromatic heterocycles. The monoisotopic (exact) mass is 205 g/mol. The molecule has 82 valence electrons. The molecule has 0 aromatic rings. The summed E-state index contributed by atoms with van der Waals surface area (Å²) in [7, 11) is 0. The van der Waals surface area contributed by atoms with E-state index in [9.17, 15) is 25.5 Å². The van der Waals surface area contributed by atoms with Crippen LogP contribution >= 0.6 is 0 Å². The molecule has 5 N–H and O–H groups in total. The molecule has 2 heterocycles. The van der Waals surface area contributed by atoms with Crippen LogP contribution in [0.4, 0.5) is 0 Å². The zero-order valence-electron chi connectivity index (χ0n) is 7.56. The Morgan fingerprint density at radius 2 is 1.21 bits per heavy atom. The zero-order chi connectivity index (χ0) is 10.5. The Hall–Kier alpha value is -0.240. The van der Waals surface area contributed by atoms with E-state index in [-0.39, 0.29) is 13.1 Å². The first-order chi connectivity index (χ1) is 6.52. The Kier molecular flexibility index (Phi) is 2.50. The van der Waals surface area contributed by atoms with Crippen molar-refractivity contribution in [3.63, 3.8) is 0 Å². The van der Waals surface area contributed by atoms with Crippen LogP contribution in [-0.2, 0) is 0 Å². The number of aliphatic hydroxyl groups is 5. The lowest BCUT2D eigenvalue weighted by molar-refractivity contribution is -0.142. The van der Waals surface area contributed by atoms with Crippen molar-refractivity contribution in [1.29, 1.82) is 0 Å². The van der Waals surface area contributed by atoms with Gasteiger partial charge in [-0.3, -0.25) is 4.90 Å². The van der Waals surface area contributed by atoms with Gasteiger partial charge in [0.15, 0.2) is 0 Å². The summed E-state index contributed by atoms with van der Waals surface area (Å²) in [5.41, 5.74) is 0. The predicted molar refractivity (Wildman–Crippen MR) is 45.4 cm³/mol. The molecule has 0 spiro atoms. The van der Waals surface area contributed by atoms with Gasteiger partial charge in [-0.25, -0.2) is 0 Å². The summed E-state index contributed by atoms with van der Waals surface area (Å²) in [5.74, 6) is 0. The first-order valence-electron chi connectivity index (χ1n) is 4.66. The van der Waals surface area contributed by atoms with Gasteiger partial charge >= 0.3 is 0 Å². The minimum atomic E-state index is -1.25. The number of rotatable bonds is 0. The van der Waals surface area contributed by atoms with Crippen molar-refractivity contribution in [2.75, 3.05) is 13.1 Å². The van der Waals surface area contributed by atoms with Gasteiger partial charge in [-0.15, -0.1) is 0 Å². The van der Waals surface area contributed by atoms with E-state index in [0.29, 0.717) is 0 Å². The Bertz CT molecular complexity index is 224. The van der Waals surface area contributed by atoms with E-state index in [0.717, 1.165) is 0 Å². The van der Waals surface area contributed by atoms with Gasteiger partial charge in [-0.05, 0) is 0 Å². The van der Waals surface area contributed by atoms with Gasteiger partial charge in [0.25, 0.3) is 0 Å². The van der Waals surface area contributed by atoms with E-state index in [1.807, 2.05) is 0 Å². The van der Waals surface area contributed by atoms with E-state index in [1.54, 1.807) is 4.90 Å². The largest absolute Gasteiger partial charge is 0.389 e. The number of hydrogen-bond donors (Lipinski definition) is 5. The molecule has 2 aliphatic heterocycles. The fourth-order valence-corrected chi connectivity index (χ4v) is 2.31. The Balaban J connectivity index is 2.18. The lowest BCUT2D eigenvalue weighted by Gasteiger charge is -2.40. The van der Waals surface area contributed by atoms with Crippen molar-refractivity contribution in [2.45, 2.75) is 36.6 Å². The van der Waals surface area contributed by atoms with Crippen LogP contribution in [0, 0.1) is 0 Å². The lowest BCUT2D eigenvalue weighted by atomic mass is 9.93. The quantitative estimate of drug-likeness (QED) is 0.281. The third-order valence-corrected chi connectivity index (χ3v) is 3.10. The third kappa shape index (κ3) is 1.35. The van der Waals surface area contributed by atoms with Crippen molar-refractivity contribution < 1.29 is 25.5 Å². The fraction of sp³-hybridized carbons (Fsp3) is 1.00. The molecule has 2 rings (SSSR count). The summed E-state index contributed by atoms with van der Waals surface area (Å²) in [6, 6.07) is -0.677. The molecule has 6 nitrogen and oxygen atoms in total. The molecule has 0 radical (unpaired) electrons. The van der Waals surface area contributed by atoms with Crippen LogP contribution in [0.2, 0.25) is 0 Å². The maximum Gasteiger partial charge on any atom is 0.109 e. The van der Waals surface area contributed by atoms with Gasteiger partial charge in [0, 0.05) is 13.1 Å². The lowest BCUT2D eigenvalue weighted by Crippen LogP contribution is -2.61. The Morgan fingerprint density at radius 1 is 0.714 bits per heavy atom. The van der Waals surface area contributed by atoms with E-state index in [2.05, 4.69) is 0 Å². The van der Waals surface area contributed by atoms with Crippen molar-refractivity contribution in [3.8, 4) is 0 Å². The van der Waals surface area contributed by atoms with Crippen LogP contribution < -0.4 is 0 Å². The van der Waals surface area contributed by atoms with Crippen molar-refractivity contribution in [2.24, 2.45) is 0 Å². The Morgan fingerprint density at radius 3 is 1.79 bits per heavy atom. The molecule has 2 aliphatic rings. The average Bonchev–Trinajstić information content (AvgIpc) is 2.39. The highest BCUT2D eigenvalue weighted by Gasteiger charge is 2.51. The average molecular weight is 205 g/mol. The van der Waals surface area contributed by atoms with Gasteiger partial charge < -0.3 is 25.5 Å². The molecule has 2 saturated heterocycles. The van der Waals surface area contributed by atoms with Gasteiger partial charge in [-0.2, -0.15) is 0 Å². The van der Waals surface area contributed by atoms with Crippen LogP contribution in [0.1, 0.15) is 0 Å². The Labute approximate surface area is 81.0 Å². The number of hydrogen-bond acceptors (Lipinski definition) is 6. The summed E-state index contributed by atoms with van der Waals surface area (Å²) in [4.78, 5) is 1.59. The standard InChI is InChI=1S/C8H15NO5/c10-3-1-9-2-4(11)7(13)8(14)5(9)6(3)12/h3-8,10-14H,1-2H2/t3-,4+,5+,6+,7-,8-/m1/s1. The predicted octanol–water partition coefficient (Wildman–Crippen LogP) is -3.51. The molecule has 6 atom stereocenters. The second-order valence-corrected chi connectivity index (χ2v) is 4.05. The van der Waals surface area contributed by atoms with Crippen molar-refractivity contribution in [1.82, 2.24) is 4.90 Å².